The lowest BCUT2D eigenvalue weighted by molar-refractivity contribution is -0.133. The summed E-state index contributed by atoms with van der Waals surface area (Å²) in [5.41, 5.74) is 2.93. The van der Waals surface area contributed by atoms with Crippen molar-refractivity contribution in [3.05, 3.63) is 41.8 Å². The number of hydrogen-bond donors (Lipinski definition) is 2. The molecule has 1 atom stereocenters. The highest BCUT2D eigenvalue weighted by atomic mass is 127. The Morgan fingerprint density at radius 3 is 2.73 bits per heavy atom. The van der Waals surface area contributed by atoms with Crippen LogP contribution in [0.1, 0.15) is 38.4 Å². The van der Waals surface area contributed by atoms with Crippen LogP contribution in [0.4, 0.5) is 0 Å². The van der Waals surface area contributed by atoms with Gasteiger partial charge in [0.05, 0.1) is 6.54 Å². The molecule has 0 aliphatic carbocycles. The number of guanidine groups is 1. The molecule has 0 bridgehead atoms. The van der Waals surface area contributed by atoms with Gasteiger partial charge in [0, 0.05) is 37.2 Å². The number of oxazole rings is 1. The highest BCUT2D eigenvalue weighted by Gasteiger charge is 2.27. The SMILES string of the molecule is CCNC(=NCc1coc(-c2ccc(C)cc2)n1)NC1CCN(C(=O)C(C)C)C1.I. The lowest BCUT2D eigenvalue weighted by atomic mass is 10.1. The van der Waals surface area contributed by atoms with Crippen molar-refractivity contribution in [2.45, 2.75) is 46.7 Å². The first-order chi connectivity index (χ1) is 14.0. The summed E-state index contributed by atoms with van der Waals surface area (Å²) in [6.45, 7) is 10.7. The highest BCUT2D eigenvalue weighted by Crippen LogP contribution is 2.19. The summed E-state index contributed by atoms with van der Waals surface area (Å²) in [6.07, 6.45) is 2.57. The minimum absolute atomic E-state index is 0. The van der Waals surface area contributed by atoms with Gasteiger partial charge in [-0.2, -0.15) is 0 Å². The van der Waals surface area contributed by atoms with Crippen LogP contribution < -0.4 is 10.6 Å². The molecular formula is C22H32IN5O2. The summed E-state index contributed by atoms with van der Waals surface area (Å²) < 4.78 is 5.61. The first kappa shape index (κ1) is 24.2. The molecule has 1 saturated heterocycles. The molecule has 1 amide bonds. The van der Waals surface area contributed by atoms with Crippen molar-refractivity contribution < 1.29 is 9.21 Å². The molecule has 0 saturated carbocycles. The number of aliphatic imine (C=N–C) groups is 1. The average Bonchev–Trinajstić information content (AvgIpc) is 3.36. The molecule has 2 aromatic rings. The molecule has 1 unspecified atom stereocenters. The average molecular weight is 525 g/mol. The molecule has 1 aliphatic rings. The fourth-order valence-corrected chi connectivity index (χ4v) is 3.33. The summed E-state index contributed by atoms with van der Waals surface area (Å²) in [4.78, 5) is 23.3. The number of carbonyl (C=O) groups excluding carboxylic acids is 1. The van der Waals surface area contributed by atoms with E-state index in [1.54, 1.807) is 6.26 Å². The lowest BCUT2D eigenvalue weighted by Gasteiger charge is -2.20. The van der Waals surface area contributed by atoms with Gasteiger partial charge in [0.25, 0.3) is 0 Å². The fraction of sp³-hybridized carbons (Fsp3) is 0.500. The van der Waals surface area contributed by atoms with Crippen LogP contribution in [-0.4, -0.2) is 47.4 Å². The van der Waals surface area contributed by atoms with Gasteiger partial charge in [0.2, 0.25) is 11.8 Å². The van der Waals surface area contributed by atoms with Crippen LogP contribution in [0.15, 0.2) is 39.9 Å². The van der Waals surface area contributed by atoms with Gasteiger partial charge in [0.15, 0.2) is 5.96 Å². The molecule has 0 radical (unpaired) electrons. The van der Waals surface area contributed by atoms with Crippen LogP contribution in [0, 0.1) is 12.8 Å². The van der Waals surface area contributed by atoms with Crippen LogP contribution in [0.25, 0.3) is 11.5 Å². The van der Waals surface area contributed by atoms with Gasteiger partial charge in [0.1, 0.15) is 12.0 Å². The summed E-state index contributed by atoms with van der Waals surface area (Å²) in [7, 11) is 0. The molecule has 164 valence electrons. The van der Waals surface area contributed by atoms with Crippen molar-refractivity contribution >= 4 is 35.8 Å². The number of nitrogens with zero attached hydrogens (tertiary/aromatic N) is 3. The third-order valence-electron chi connectivity index (χ3n) is 4.93. The van der Waals surface area contributed by atoms with E-state index >= 15 is 0 Å². The number of aromatic nitrogens is 1. The predicted molar refractivity (Wildman–Crippen MR) is 130 cm³/mol. The Hall–Kier alpha value is -2.10. The molecule has 7 nitrogen and oxygen atoms in total. The number of nitrogens with one attached hydrogen (secondary N) is 2. The normalized spacial score (nSPS) is 16.5. The molecule has 1 fully saturated rings. The van der Waals surface area contributed by atoms with Crippen molar-refractivity contribution in [3.8, 4) is 11.5 Å². The van der Waals surface area contributed by atoms with Gasteiger partial charge >= 0.3 is 0 Å². The van der Waals surface area contributed by atoms with Crippen molar-refractivity contribution in [3.63, 3.8) is 0 Å². The number of aryl methyl sites for hydroxylation is 1. The second-order valence-electron chi connectivity index (χ2n) is 7.77. The first-order valence-electron chi connectivity index (χ1n) is 10.3. The van der Waals surface area contributed by atoms with Gasteiger partial charge < -0.3 is 20.0 Å². The largest absolute Gasteiger partial charge is 0.444 e. The first-order valence-corrected chi connectivity index (χ1v) is 10.3. The maximum absolute atomic E-state index is 12.2. The van der Waals surface area contributed by atoms with E-state index in [9.17, 15) is 4.79 Å². The van der Waals surface area contributed by atoms with Crippen molar-refractivity contribution in [2.75, 3.05) is 19.6 Å². The van der Waals surface area contributed by atoms with Crippen LogP contribution in [-0.2, 0) is 11.3 Å². The monoisotopic (exact) mass is 525 g/mol. The van der Waals surface area contributed by atoms with E-state index in [4.69, 9.17) is 4.42 Å². The van der Waals surface area contributed by atoms with Crippen molar-refractivity contribution in [1.82, 2.24) is 20.5 Å². The van der Waals surface area contributed by atoms with E-state index in [1.165, 1.54) is 5.56 Å². The maximum atomic E-state index is 12.2. The number of halogens is 1. The molecule has 2 heterocycles. The maximum Gasteiger partial charge on any atom is 0.226 e. The Balaban J connectivity index is 0.00000320. The zero-order valence-electron chi connectivity index (χ0n) is 18.1. The van der Waals surface area contributed by atoms with Gasteiger partial charge in [-0.15, -0.1) is 24.0 Å². The van der Waals surface area contributed by atoms with Gasteiger partial charge in [-0.25, -0.2) is 9.98 Å². The van der Waals surface area contributed by atoms with Gasteiger partial charge in [-0.1, -0.05) is 31.5 Å². The van der Waals surface area contributed by atoms with Crippen LogP contribution in [0.5, 0.6) is 0 Å². The quantitative estimate of drug-likeness (QED) is 0.343. The number of likely N-dealkylation sites (tertiary alicyclic amines) is 1. The van der Waals surface area contributed by atoms with E-state index in [0.717, 1.165) is 36.7 Å². The topological polar surface area (TPSA) is 82.8 Å². The molecule has 30 heavy (non-hydrogen) atoms. The molecule has 1 aromatic heterocycles. The zero-order valence-corrected chi connectivity index (χ0v) is 20.5. The number of hydrogen-bond acceptors (Lipinski definition) is 4. The molecule has 0 spiro atoms. The highest BCUT2D eigenvalue weighted by molar-refractivity contribution is 14.0. The van der Waals surface area contributed by atoms with Gasteiger partial charge in [-0.05, 0) is 32.4 Å². The number of benzene rings is 1. The third kappa shape index (κ3) is 6.45. The van der Waals surface area contributed by atoms with Crippen molar-refractivity contribution in [2.24, 2.45) is 10.9 Å². The minimum atomic E-state index is 0. The van der Waals surface area contributed by atoms with E-state index < -0.39 is 0 Å². The standard InChI is InChI=1S/C22H31N5O2.HI/c1-5-23-22(26-18-10-11-27(13-18)21(28)15(2)3)24-12-19-14-29-20(25-19)17-8-6-16(4)7-9-17;/h6-9,14-15,18H,5,10-13H2,1-4H3,(H2,23,24,26);1H. The minimum Gasteiger partial charge on any atom is -0.444 e. The van der Waals surface area contributed by atoms with Crippen LogP contribution in [0.3, 0.4) is 0 Å². The number of amides is 1. The van der Waals surface area contributed by atoms with Gasteiger partial charge in [-0.3, -0.25) is 4.79 Å². The Morgan fingerprint density at radius 1 is 1.33 bits per heavy atom. The van der Waals surface area contributed by atoms with Crippen molar-refractivity contribution in [1.29, 1.82) is 0 Å². The van der Waals surface area contributed by atoms with E-state index in [1.807, 2.05) is 49.9 Å². The molecular weight excluding hydrogens is 493 g/mol. The van der Waals surface area contributed by atoms with Crippen LogP contribution in [0.2, 0.25) is 0 Å². The second kappa shape index (κ2) is 11.3. The lowest BCUT2D eigenvalue weighted by Crippen LogP contribution is -2.45. The molecule has 8 heteroatoms. The number of carbonyl (C=O) groups is 1. The molecule has 1 aliphatic heterocycles. The predicted octanol–water partition coefficient (Wildman–Crippen LogP) is 3.58. The molecule has 2 N–H and O–H groups in total. The fourth-order valence-electron chi connectivity index (χ4n) is 3.33. The van der Waals surface area contributed by atoms with E-state index in [0.29, 0.717) is 19.0 Å². The Morgan fingerprint density at radius 2 is 2.07 bits per heavy atom. The summed E-state index contributed by atoms with van der Waals surface area (Å²) in [5.74, 6) is 1.58. The second-order valence-corrected chi connectivity index (χ2v) is 7.77. The zero-order chi connectivity index (χ0) is 20.8. The van der Waals surface area contributed by atoms with E-state index in [2.05, 4.69) is 27.5 Å². The molecule has 3 rings (SSSR count). The number of rotatable bonds is 6. The summed E-state index contributed by atoms with van der Waals surface area (Å²) >= 11 is 0. The van der Waals surface area contributed by atoms with E-state index in [-0.39, 0.29) is 41.8 Å². The molecule has 1 aromatic carbocycles. The Labute approximate surface area is 195 Å². The Bertz CT molecular complexity index is 847. The van der Waals surface area contributed by atoms with Crippen LogP contribution >= 0.6 is 24.0 Å². The summed E-state index contributed by atoms with van der Waals surface area (Å²) in [6, 6.07) is 8.30. The Kier molecular flexibility index (Phi) is 9.13. The summed E-state index contributed by atoms with van der Waals surface area (Å²) in [5, 5.41) is 6.71. The third-order valence-corrected chi connectivity index (χ3v) is 4.93. The smallest absolute Gasteiger partial charge is 0.226 e.